The van der Waals surface area contributed by atoms with Crippen molar-refractivity contribution in [2.45, 2.75) is 6.92 Å². The molecule has 0 aromatic rings. The van der Waals surface area contributed by atoms with Gasteiger partial charge in [0.05, 0.1) is 6.54 Å². The summed E-state index contributed by atoms with van der Waals surface area (Å²) in [4.78, 5) is 18.9. The van der Waals surface area contributed by atoms with Crippen molar-refractivity contribution < 1.29 is 19.4 Å². The monoisotopic (exact) mass is 147 g/mol. The van der Waals surface area contributed by atoms with Crippen LogP contribution in [-0.2, 0) is 9.53 Å². The van der Waals surface area contributed by atoms with E-state index in [1.165, 1.54) is 0 Å². The second-order valence-corrected chi connectivity index (χ2v) is 1.58. The van der Waals surface area contributed by atoms with E-state index in [0.29, 0.717) is 13.2 Å². The molecule has 0 unspecified atom stereocenters. The lowest BCUT2D eigenvalue weighted by Crippen LogP contribution is -2.11. The molecular formula is C5H9NO4. The molecular weight excluding hydrogens is 138 g/mol. The lowest BCUT2D eigenvalue weighted by Gasteiger charge is -1.80. The van der Waals surface area contributed by atoms with Crippen molar-refractivity contribution in [3.63, 3.8) is 0 Å². The largest absolute Gasteiger partial charge is 0.481 e. The Bertz CT molecular complexity index is 122. The summed E-state index contributed by atoms with van der Waals surface area (Å²) >= 11 is 0. The molecule has 1 aliphatic heterocycles. The quantitative estimate of drug-likeness (QED) is 0.498. The molecule has 0 saturated carbocycles. The first-order chi connectivity index (χ1) is 4.63. The van der Waals surface area contributed by atoms with Crippen molar-refractivity contribution in [1.29, 1.82) is 0 Å². The first-order valence-electron chi connectivity index (χ1n) is 2.73. The molecule has 1 amide bonds. The lowest BCUT2D eigenvalue weighted by atomic mass is 10.7. The minimum absolute atomic E-state index is 0.296. The van der Waals surface area contributed by atoms with Gasteiger partial charge in [-0.15, -0.1) is 0 Å². The molecule has 1 aliphatic rings. The molecule has 0 spiro atoms. The minimum atomic E-state index is -0.833. The molecule has 1 rings (SSSR count). The first-order valence-corrected chi connectivity index (χ1v) is 2.73. The molecule has 0 radical (unpaired) electrons. The topological polar surface area (TPSA) is 75.6 Å². The number of cyclic esters (lactones) is 1. The van der Waals surface area contributed by atoms with Crippen LogP contribution in [0, 0.1) is 0 Å². The zero-order valence-electron chi connectivity index (χ0n) is 5.59. The predicted octanol–water partition coefficient (Wildman–Crippen LogP) is -0.183. The minimum Gasteiger partial charge on any atom is -0.481 e. The highest BCUT2D eigenvalue weighted by atomic mass is 16.6. The third-order valence-corrected chi connectivity index (χ3v) is 0.605. The van der Waals surface area contributed by atoms with E-state index >= 15 is 0 Å². The smallest absolute Gasteiger partial charge is 0.407 e. The van der Waals surface area contributed by atoms with Gasteiger partial charge in [-0.05, 0) is 0 Å². The number of carbonyl (C=O) groups excluding carboxylic acids is 1. The fraction of sp³-hybridized carbons (Fsp3) is 0.600. The van der Waals surface area contributed by atoms with Gasteiger partial charge in [0.2, 0.25) is 0 Å². The number of amides is 1. The van der Waals surface area contributed by atoms with E-state index in [4.69, 9.17) is 9.90 Å². The van der Waals surface area contributed by atoms with Crippen molar-refractivity contribution in [1.82, 2.24) is 5.32 Å². The number of rotatable bonds is 0. The second kappa shape index (κ2) is 4.60. The van der Waals surface area contributed by atoms with Crippen LogP contribution in [-0.4, -0.2) is 30.3 Å². The van der Waals surface area contributed by atoms with Gasteiger partial charge in [-0.2, -0.15) is 0 Å². The fourth-order valence-electron chi connectivity index (χ4n) is 0.348. The zero-order chi connectivity index (χ0) is 7.98. The first kappa shape index (κ1) is 8.74. The van der Waals surface area contributed by atoms with E-state index in [-0.39, 0.29) is 6.09 Å². The Morgan fingerprint density at radius 2 is 2.30 bits per heavy atom. The number of alkyl carbamates (subject to hydrolysis) is 1. The van der Waals surface area contributed by atoms with Crippen LogP contribution in [0.25, 0.3) is 0 Å². The highest BCUT2D eigenvalue weighted by molar-refractivity contribution is 5.68. The summed E-state index contributed by atoms with van der Waals surface area (Å²) in [7, 11) is 0. The number of hydrogen-bond acceptors (Lipinski definition) is 3. The van der Waals surface area contributed by atoms with Gasteiger partial charge >= 0.3 is 6.09 Å². The highest BCUT2D eigenvalue weighted by Crippen LogP contribution is 1.82. The van der Waals surface area contributed by atoms with Gasteiger partial charge in [-0.1, -0.05) is 0 Å². The number of ether oxygens (including phenoxy) is 1. The Morgan fingerprint density at radius 1 is 1.80 bits per heavy atom. The molecule has 1 fully saturated rings. The van der Waals surface area contributed by atoms with E-state index in [1.54, 1.807) is 0 Å². The predicted molar refractivity (Wildman–Crippen MR) is 32.7 cm³/mol. The Hall–Kier alpha value is -1.26. The summed E-state index contributed by atoms with van der Waals surface area (Å²) in [6, 6.07) is 0. The van der Waals surface area contributed by atoms with Gasteiger partial charge in [-0.3, -0.25) is 4.79 Å². The van der Waals surface area contributed by atoms with Crippen molar-refractivity contribution in [3.05, 3.63) is 0 Å². The van der Waals surface area contributed by atoms with E-state index in [2.05, 4.69) is 10.1 Å². The SMILES string of the molecule is CC(=O)O.O=C1NCCO1. The van der Waals surface area contributed by atoms with Crippen LogP contribution in [0.3, 0.4) is 0 Å². The number of carbonyl (C=O) groups is 2. The normalized spacial score (nSPS) is 14.3. The Kier molecular flexibility index (Phi) is 4.02. The number of carboxylic acid groups (broad SMARTS) is 1. The van der Waals surface area contributed by atoms with Crippen LogP contribution in [0.4, 0.5) is 4.79 Å². The van der Waals surface area contributed by atoms with Crippen molar-refractivity contribution in [2.75, 3.05) is 13.2 Å². The third kappa shape index (κ3) is 6.74. The molecule has 0 aliphatic carbocycles. The molecule has 10 heavy (non-hydrogen) atoms. The summed E-state index contributed by atoms with van der Waals surface area (Å²) in [5.74, 6) is -0.833. The summed E-state index contributed by atoms with van der Waals surface area (Å²) < 4.78 is 4.40. The molecule has 0 aromatic carbocycles. The molecule has 0 atom stereocenters. The van der Waals surface area contributed by atoms with E-state index in [9.17, 15) is 4.79 Å². The maximum Gasteiger partial charge on any atom is 0.407 e. The maximum atomic E-state index is 9.91. The van der Waals surface area contributed by atoms with Gasteiger partial charge < -0.3 is 15.2 Å². The van der Waals surface area contributed by atoms with Gasteiger partial charge in [0.25, 0.3) is 5.97 Å². The van der Waals surface area contributed by atoms with Crippen LogP contribution >= 0.6 is 0 Å². The molecule has 0 bridgehead atoms. The van der Waals surface area contributed by atoms with Crippen LogP contribution in [0.1, 0.15) is 6.92 Å². The van der Waals surface area contributed by atoms with Crippen molar-refractivity contribution in [3.8, 4) is 0 Å². The number of hydrogen-bond donors (Lipinski definition) is 2. The highest BCUT2D eigenvalue weighted by Gasteiger charge is 2.06. The molecule has 1 heterocycles. The van der Waals surface area contributed by atoms with Crippen molar-refractivity contribution in [2.24, 2.45) is 0 Å². The summed E-state index contributed by atoms with van der Waals surface area (Å²) in [6.07, 6.45) is -0.296. The van der Waals surface area contributed by atoms with E-state index in [0.717, 1.165) is 6.92 Å². The summed E-state index contributed by atoms with van der Waals surface area (Å²) in [6.45, 7) is 2.28. The Labute approximate surface area is 58.0 Å². The zero-order valence-corrected chi connectivity index (χ0v) is 5.59. The number of carboxylic acids is 1. The number of nitrogens with one attached hydrogen (secondary N) is 1. The third-order valence-electron chi connectivity index (χ3n) is 0.605. The molecule has 1 saturated heterocycles. The standard InChI is InChI=1S/C3H5NO2.C2H4O2/c5-3-4-1-2-6-3;1-2(3)4/h1-2H2,(H,4,5);1H3,(H,3,4). The van der Waals surface area contributed by atoms with E-state index in [1.807, 2.05) is 0 Å². The van der Waals surface area contributed by atoms with Crippen LogP contribution < -0.4 is 5.32 Å². The maximum absolute atomic E-state index is 9.91. The van der Waals surface area contributed by atoms with Gasteiger partial charge in [0.15, 0.2) is 0 Å². The average Bonchev–Trinajstić information content (AvgIpc) is 2.15. The van der Waals surface area contributed by atoms with E-state index < -0.39 is 5.97 Å². The van der Waals surface area contributed by atoms with Gasteiger partial charge in [0, 0.05) is 6.92 Å². The van der Waals surface area contributed by atoms with Crippen LogP contribution in [0.2, 0.25) is 0 Å². The van der Waals surface area contributed by atoms with Gasteiger partial charge in [0.1, 0.15) is 6.61 Å². The molecule has 0 aromatic heterocycles. The summed E-state index contributed by atoms with van der Waals surface area (Å²) in [5.41, 5.74) is 0. The lowest BCUT2D eigenvalue weighted by molar-refractivity contribution is -0.134. The second-order valence-electron chi connectivity index (χ2n) is 1.58. The summed E-state index contributed by atoms with van der Waals surface area (Å²) in [5, 5.41) is 9.88. The van der Waals surface area contributed by atoms with Crippen molar-refractivity contribution >= 4 is 12.1 Å². The van der Waals surface area contributed by atoms with Gasteiger partial charge in [-0.25, -0.2) is 4.79 Å². The molecule has 2 N–H and O–H groups in total. The fourth-order valence-corrected chi connectivity index (χ4v) is 0.348. The van der Waals surface area contributed by atoms with Crippen LogP contribution in [0.15, 0.2) is 0 Å². The van der Waals surface area contributed by atoms with Crippen LogP contribution in [0.5, 0.6) is 0 Å². The Balaban J connectivity index is 0.000000180. The number of aliphatic carboxylic acids is 1. The molecule has 58 valence electrons. The average molecular weight is 147 g/mol. The Morgan fingerprint density at radius 3 is 2.40 bits per heavy atom. The molecule has 5 nitrogen and oxygen atoms in total. The molecule has 5 heteroatoms.